The van der Waals surface area contributed by atoms with E-state index in [-0.39, 0.29) is 56.1 Å². The summed E-state index contributed by atoms with van der Waals surface area (Å²) in [5.74, 6) is -0.496. The van der Waals surface area contributed by atoms with Crippen molar-refractivity contribution >= 4 is 43.7 Å². The second-order valence-electron chi connectivity index (χ2n) is 12.7. The predicted octanol–water partition coefficient (Wildman–Crippen LogP) is 13.2. The van der Waals surface area contributed by atoms with Gasteiger partial charge in [0.1, 0.15) is 11.2 Å². The van der Waals surface area contributed by atoms with E-state index in [4.69, 9.17) is 30.8 Å². The third kappa shape index (κ3) is 5.29. The molecular formula is C51H32N4O. The smallest absolute Gasteiger partial charge is 0.166 e. The fraction of sp³-hybridized carbons (Fsp3) is 0. The molecule has 0 unspecified atom stereocenters. The van der Waals surface area contributed by atoms with Gasteiger partial charge in [0.15, 0.2) is 17.5 Å². The maximum Gasteiger partial charge on any atom is 0.166 e. The van der Waals surface area contributed by atoms with Gasteiger partial charge >= 0.3 is 0 Å². The first-order chi connectivity index (χ1) is 34.8. The summed E-state index contributed by atoms with van der Waals surface area (Å²) >= 11 is 0. The molecule has 0 saturated carbocycles. The van der Waals surface area contributed by atoms with Gasteiger partial charge in [-0.05, 0) is 64.6 Å². The largest absolute Gasteiger partial charge is 0.456 e. The van der Waals surface area contributed by atoms with Crippen molar-refractivity contribution < 1.29 is 27.7 Å². The number of aromatic nitrogens is 4. The monoisotopic (exact) mass is 733 g/mol. The molecule has 0 bridgehead atoms. The molecule has 0 saturated heterocycles. The molecule has 0 aliphatic carbocycles. The normalized spacial score (nSPS) is 15.8. The topological polar surface area (TPSA) is 56.7 Å². The van der Waals surface area contributed by atoms with Gasteiger partial charge < -0.3 is 8.98 Å². The van der Waals surface area contributed by atoms with Crippen LogP contribution in [0.5, 0.6) is 0 Å². The Hall–Kier alpha value is -7.63. The van der Waals surface area contributed by atoms with E-state index in [9.17, 15) is 6.85 Å². The van der Waals surface area contributed by atoms with Crippen molar-refractivity contribution in [1.82, 2.24) is 19.5 Å². The SMILES string of the molecule is [2H]c1c([2H])c([2H])c(-c2nc(-c3ccccc3)nc(-c3cc(-c4cccc5oc6ccccc6c45)ccc3-n3c4c([2H])c([2H])c([2H])c([2H])c4c4c([2H])c(-c5c([2H])c([2H])c([2H])c([2H])c5[2H])c([2H])c([2H])c43)n2)c([2H])c1[2H]. The summed E-state index contributed by atoms with van der Waals surface area (Å²) in [6, 6.07) is 14.9. The van der Waals surface area contributed by atoms with Crippen LogP contribution in [-0.4, -0.2) is 19.5 Å². The molecule has 0 aliphatic rings. The number of benzene rings is 8. The van der Waals surface area contributed by atoms with Gasteiger partial charge in [-0.15, -0.1) is 0 Å². The van der Waals surface area contributed by atoms with Crippen molar-refractivity contribution in [3.63, 3.8) is 0 Å². The number of rotatable bonds is 6. The van der Waals surface area contributed by atoms with E-state index in [1.165, 1.54) is 4.57 Å². The standard InChI is InChI=1S/C51H32N4O/c1-4-15-33(16-5-1)36-27-29-44-41(31-36)39-21-10-12-24-43(39)55(44)45-30-28-37(38-23-14-26-47-48(38)40-22-11-13-25-46(40)56-47)32-42(45)51-53-49(34-17-6-2-7-18-34)52-50(54-51)35-19-8-3-9-20-35/h1-32H/i1D,2D,4D,5D,6D,7D,10D,12D,15D,16D,17D,18D,21D,24D,27D,29D,31D. The minimum absolute atomic E-state index is 0.00200. The molecule has 8 aromatic carbocycles. The molecule has 0 fully saturated rings. The summed E-state index contributed by atoms with van der Waals surface area (Å²) in [6.07, 6.45) is 0. The van der Waals surface area contributed by atoms with Gasteiger partial charge in [-0.2, -0.15) is 0 Å². The lowest BCUT2D eigenvalue weighted by atomic mass is 9.96. The first-order valence-electron chi connectivity index (χ1n) is 25.9. The van der Waals surface area contributed by atoms with Gasteiger partial charge in [0.05, 0.1) is 40.0 Å². The summed E-state index contributed by atoms with van der Waals surface area (Å²) in [5, 5.41) is 0.939. The molecule has 0 N–H and O–H groups in total. The highest BCUT2D eigenvalue weighted by Gasteiger charge is 2.22. The summed E-state index contributed by atoms with van der Waals surface area (Å²) in [7, 11) is 0. The molecular weight excluding hydrogens is 685 g/mol. The van der Waals surface area contributed by atoms with Crippen molar-refractivity contribution in [2.45, 2.75) is 0 Å². The van der Waals surface area contributed by atoms with Gasteiger partial charge in [0, 0.05) is 38.2 Å². The lowest BCUT2D eigenvalue weighted by molar-refractivity contribution is 0.669. The second kappa shape index (κ2) is 13.0. The Morgan fingerprint density at radius 2 is 1.11 bits per heavy atom. The van der Waals surface area contributed by atoms with E-state index in [0.717, 1.165) is 10.8 Å². The highest BCUT2D eigenvalue weighted by molar-refractivity contribution is 6.13. The first kappa shape index (κ1) is 19.1. The van der Waals surface area contributed by atoms with Crippen LogP contribution in [0.1, 0.15) is 23.3 Å². The summed E-state index contributed by atoms with van der Waals surface area (Å²) in [4.78, 5) is 14.5. The first-order valence-corrected chi connectivity index (χ1v) is 17.4. The van der Waals surface area contributed by atoms with Crippen LogP contribution < -0.4 is 0 Å². The van der Waals surface area contributed by atoms with Gasteiger partial charge in [-0.25, -0.2) is 15.0 Å². The third-order valence-corrected chi connectivity index (χ3v) is 9.49. The number of hydrogen-bond donors (Lipinski definition) is 0. The molecule has 11 rings (SSSR count). The van der Waals surface area contributed by atoms with Crippen LogP contribution in [0.3, 0.4) is 0 Å². The van der Waals surface area contributed by atoms with Crippen LogP contribution in [0.25, 0.3) is 106 Å². The molecule has 0 aliphatic heterocycles. The van der Waals surface area contributed by atoms with Gasteiger partial charge in [0.2, 0.25) is 0 Å². The fourth-order valence-electron chi connectivity index (χ4n) is 7.03. The Bertz CT molecular complexity index is 4190. The van der Waals surface area contributed by atoms with E-state index in [0.29, 0.717) is 27.9 Å². The summed E-state index contributed by atoms with van der Waals surface area (Å²) in [5.41, 5.74) is 0.903. The fourth-order valence-corrected chi connectivity index (χ4v) is 7.03. The van der Waals surface area contributed by atoms with Crippen LogP contribution in [0.2, 0.25) is 0 Å². The molecule has 0 spiro atoms. The zero-order valence-electron chi connectivity index (χ0n) is 45.9. The van der Waals surface area contributed by atoms with Gasteiger partial charge in [0.25, 0.3) is 0 Å². The minimum Gasteiger partial charge on any atom is -0.456 e. The van der Waals surface area contributed by atoms with Crippen LogP contribution >= 0.6 is 0 Å². The number of nitrogens with zero attached hydrogens (tertiary/aromatic N) is 4. The highest BCUT2D eigenvalue weighted by Crippen LogP contribution is 2.42. The number of hydrogen-bond acceptors (Lipinski definition) is 4. The average Bonchev–Trinajstić information content (AvgIpc) is 3.97. The van der Waals surface area contributed by atoms with Crippen molar-refractivity contribution in [2.24, 2.45) is 0 Å². The Morgan fingerprint density at radius 1 is 0.429 bits per heavy atom. The molecule has 0 radical (unpaired) electrons. The molecule has 11 aromatic rings. The number of fused-ring (bicyclic) bond motifs is 6. The number of para-hydroxylation sites is 2. The van der Waals surface area contributed by atoms with Crippen molar-refractivity contribution in [3.05, 3.63) is 194 Å². The van der Waals surface area contributed by atoms with E-state index >= 15 is 0 Å². The lowest BCUT2D eigenvalue weighted by Crippen LogP contribution is -2.04. The maximum absolute atomic E-state index is 9.75. The predicted molar refractivity (Wildman–Crippen MR) is 229 cm³/mol. The van der Waals surface area contributed by atoms with Crippen molar-refractivity contribution in [1.29, 1.82) is 0 Å². The van der Waals surface area contributed by atoms with Crippen LogP contribution in [0.15, 0.2) is 198 Å². The van der Waals surface area contributed by atoms with E-state index in [2.05, 4.69) is 4.98 Å². The van der Waals surface area contributed by atoms with Crippen molar-refractivity contribution in [2.75, 3.05) is 0 Å². The molecule has 262 valence electrons. The third-order valence-electron chi connectivity index (χ3n) is 9.49. The average molecular weight is 734 g/mol. The van der Waals surface area contributed by atoms with Gasteiger partial charge in [-0.1, -0.05) is 151 Å². The Kier molecular flexibility index (Phi) is 4.45. The summed E-state index contributed by atoms with van der Waals surface area (Å²) < 4.78 is 159. The van der Waals surface area contributed by atoms with Gasteiger partial charge in [-0.3, -0.25) is 0 Å². The minimum atomic E-state index is -0.759. The van der Waals surface area contributed by atoms with Crippen LogP contribution in [-0.2, 0) is 0 Å². The molecule has 3 heterocycles. The molecule has 0 atom stereocenters. The molecule has 3 aromatic heterocycles. The molecule has 5 nitrogen and oxygen atoms in total. The van der Waals surface area contributed by atoms with Crippen molar-refractivity contribution in [3.8, 4) is 62.1 Å². The lowest BCUT2D eigenvalue weighted by Gasteiger charge is -2.17. The summed E-state index contributed by atoms with van der Waals surface area (Å²) in [6.45, 7) is 0. The Morgan fingerprint density at radius 3 is 1.95 bits per heavy atom. The molecule has 56 heavy (non-hydrogen) atoms. The quantitative estimate of drug-likeness (QED) is 0.171. The molecule has 0 amide bonds. The highest BCUT2D eigenvalue weighted by atomic mass is 16.3. The zero-order valence-corrected chi connectivity index (χ0v) is 28.9. The second-order valence-corrected chi connectivity index (χ2v) is 12.7. The number of furan rings is 1. The molecule has 5 heteroatoms. The maximum atomic E-state index is 9.75. The van der Waals surface area contributed by atoms with E-state index < -0.39 is 114 Å². The van der Waals surface area contributed by atoms with Crippen LogP contribution in [0, 0.1) is 0 Å². The Labute approximate surface area is 346 Å². The van der Waals surface area contributed by atoms with Crippen LogP contribution in [0.4, 0.5) is 0 Å². The Balaban J connectivity index is 1.33. The van der Waals surface area contributed by atoms with E-state index in [1.54, 1.807) is 54.6 Å². The zero-order chi connectivity index (χ0) is 51.8. The van der Waals surface area contributed by atoms with E-state index in [1.807, 2.05) is 36.4 Å².